The Labute approximate surface area is 167 Å². The van der Waals surface area contributed by atoms with E-state index >= 15 is 0 Å². The van der Waals surface area contributed by atoms with Gasteiger partial charge in [-0.1, -0.05) is 17.7 Å². The number of benzene rings is 1. The van der Waals surface area contributed by atoms with Gasteiger partial charge in [-0.2, -0.15) is 0 Å². The summed E-state index contributed by atoms with van der Waals surface area (Å²) in [6.45, 7) is 12.3. The van der Waals surface area contributed by atoms with E-state index in [0.29, 0.717) is 29.7 Å². The van der Waals surface area contributed by atoms with Crippen LogP contribution in [-0.2, 0) is 9.31 Å². The summed E-state index contributed by atoms with van der Waals surface area (Å²) < 4.78 is 12.1. The van der Waals surface area contributed by atoms with E-state index in [4.69, 9.17) is 20.9 Å². The van der Waals surface area contributed by atoms with E-state index in [2.05, 4.69) is 12.2 Å². The van der Waals surface area contributed by atoms with Crippen LogP contribution < -0.4 is 10.8 Å². The minimum absolute atomic E-state index is 0. The van der Waals surface area contributed by atoms with Gasteiger partial charge in [-0.25, -0.2) is 0 Å². The second-order valence-corrected chi connectivity index (χ2v) is 8.34. The number of hydrogen-bond donors (Lipinski definition) is 1. The molecule has 1 atom stereocenters. The van der Waals surface area contributed by atoms with Crippen LogP contribution >= 0.6 is 24.0 Å². The van der Waals surface area contributed by atoms with Crippen LogP contribution in [0.25, 0.3) is 0 Å². The van der Waals surface area contributed by atoms with Gasteiger partial charge in [-0.15, -0.1) is 12.4 Å². The second-order valence-electron chi connectivity index (χ2n) is 7.93. The standard InChI is InChI=1S/C18H26BClN2O3.ClH/c1-12-11-22(9-8-21-12)16(23)13-6-7-14(15(20)10-13)19-24-17(2,3)18(4,5)25-19;/h6-7,10,12,21H,8-9,11H2,1-5H3;1H/t12-;/m1./s1. The molecule has 0 radical (unpaired) electrons. The van der Waals surface area contributed by atoms with E-state index in [1.165, 1.54) is 0 Å². The van der Waals surface area contributed by atoms with Crippen molar-refractivity contribution in [2.45, 2.75) is 51.9 Å². The SMILES string of the molecule is C[C@@H]1CN(C(=O)c2ccc(B3OC(C)(C)C(C)(C)O3)c(Cl)c2)CCN1.Cl. The Balaban J connectivity index is 0.00000243. The first-order valence-corrected chi connectivity index (χ1v) is 9.16. The lowest BCUT2D eigenvalue weighted by molar-refractivity contribution is 0.00578. The molecule has 144 valence electrons. The highest BCUT2D eigenvalue weighted by Gasteiger charge is 2.52. The highest BCUT2D eigenvalue weighted by molar-refractivity contribution is 6.65. The lowest BCUT2D eigenvalue weighted by Gasteiger charge is -2.32. The van der Waals surface area contributed by atoms with Gasteiger partial charge in [0.25, 0.3) is 5.91 Å². The van der Waals surface area contributed by atoms with Gasteiger partial charge < -0.3 is 19.5 Å². The molecule has 5 nitrogen and oxygen atoms in total. The van der Waals surface area contributed by atoms with Crippen LogP contribution in [0.4, 0.5) is 0 Å². The lowest BCUT2D eigenvalue weighted by atomic mass is 9.78. The quantitative estimate of drug-likeness (QED) is 0.775. The normalized spacial score (nSPS) is 24.3. The molecule has 2 fully saturated rings. The third-order valence-electron chi connectivity index (χ3n) is 5.41. The van der Waals surface area contributed by atoms with E-state index < -0.39 is 18.3 Å². The first-order valence-electron chi connectivity index (χ1n) is 8.78. The van der Waals surface area contributed by atoms with Crippen LogP contribution in [0.1, 0.15) is 45.0 Å². The van der Waals surface area contributed by atoms with Gasteiger partial charge in [0.15, 0.2) is 0 Å². The third kappa shape index (κ3) is 4.05. The van der Waals surface area contributed by atoms with Crippen molar-refractivity contribution in [2.75, 3.05) is 19.6 Å². The van der Waals surface area contributed by atoms with Crippen molar-refractivity contribution in [1.82, 2.24) is 10.2 Å². The Morgan fingerprint density at radius 3 is 2.42 bits per heavy atom. The van der Waals surface area contributed by atoms with Crippen LogP contribution in [-0.4, -0.2) is 54.8 Å². The average Bonchev–Trinajstić information content (AvgIpc) is 2.74. The molecular formula is C18H27BCl2N2O3. The molecule has 2 aliphatic heterocycles. The van der Waals surface area contributed by atoms with Crippen LogP contribution in [0, 0.1) is 0 Å². The summed E-state index contributed by atoms with van der Waals surface area (Å²) >= 11 is 6.46. The molecule has 1 aromatic carbocycles. The number of halogens is 2. The number of hydrogen-bond acceptors (Lipinski definition) is 4. The summed E-state index contributed by atoms with van der Waals surface area (Å²) in [5.74, 6) is 0.00992. The van der Waals surface area contributed by atoms with Crippen molar-refractivity contribution in [1.29, 1.82) is 0 Å². The molecule has 3 rings (SSSR count). The topological polar surface area (TPSA) is 50.8 Å². The number of nitrogens with one attached hydrogen (secondary N) is 1. The molecular weight excluding hydrogens is 374 g/mol. The largest absolute Gasteiger partial charge is 0.496 e. The van der Waals surface area contributed by atoms with Crippen molar-refractivity contribution in [3.05, 3.63) is 28.8 Å². The van der Waals surface area contributed by atoms with Crippen molar-refractivity contribution >= 4 is 42.5 Å². The maximum absolute atomic E-state index is 12.7. The molecule has 1 amide bonds. The maximum atomic E-state index is 12.7. The Bertz CT molecular complexity index is 668. The third-order valence-corrected chi connectivity index (χ3v) is 5.74. The molecule has 26 heavy (non-hydrogen) atoms. The zero-order chi connectivity index (χ0) is 18.4. The molecule has 8 heteroatoms. The predicted octanol–water partition coefficient (Wildman–Crippen LogP) is 2.49. The number of amides is 1. The van der Waals surface area contributed by atoms with Gasteiger partial charge in [0, 0.05) is 41.7 Å². The van der Waals surface area contributed by atoms with Crippen molar-refractivity contribution in [2.24, 2.45) is 0 Å². The highest BCUT2D eigenvalue weighted by Crippen LogP contribution is 2.37. The van der Waals surface area contributed by atoms with Gasteiger partial charge in [-0.3, -0.25) is 4.79 Å². The van der Waals surface area contributed by atoms with E-state index in [1.807, 2.05) is 38.7 Å². The summed E-state index contributed by atoms with van der Waals surface area (Å²) in [5, 5.41) is 3.83. The van der Waals surface area contributed by atoms with Gasteiger partial charge in [-0.05, 0) is 46.8 Å². The fourth-order valence-corrected chi connectivity index (χ4v) is 3.39. The number of carbonyl (C=O) groups excluding carboxylic acids is 1. The van der Waals surface area contributed by atoms with Gasteiger partial charge in [0.2, 0.25) is 0 Å². The Hall–Kier alpha value is -0.785. The van der Waals surface area contributed by atoms with Crippen molar-refractivity contribution in [3.8, 4) is 0 Å². The summed E-state index contributed by atoms with van der Waals surface area (Å²) in [7, 11) is -0.527. The first kappa shape index (κ1) is 21.5. The first-order chi connectivity index (χ1) is 11.6. The fourth-order valence-electron chi connectivity index (χ4n) is 3.12. The predicted molar refractivity (Wildman–Crippen MR) is 108 cm³/mol. The molecule has 0 unspecified atom stereocenters. The number of carbonyl (C=O) groups is 1. The Morgan fingerprint density at radius 1 is 1.27 bits per heavy atom. The van der Waals surface area contributed by atoms with E-state index in [-0.39, 0.29) is 18.3 Å². The van der Waals surface area contributed by atoms with E-state index in [0.717, 1.165) is 12.0 Å². The smallest absolute Gasteiger partial charge is 0.399 e. The molecule has 0 aromatic heterocycles. The van der Waals surface area contributed by atoms with Crippen LogP contribution in [0.2, 0.25) is 5.02 Å². The minimum Gasteiger partial charge on any atom is -0.399 e. The Morgan fingerprint density at radius 2 is 1.88 bits per heavy atom. The zero-order valence-electron chi connectivity index (χ0n) is 16.0. The summed E-state index contributed by atoms with van der Waals surface area (Å²) in [4.78, 5) is 14.6. The van der Waals surface area contributed by atoms with Crippen LogP contribution in [0.15, 0.2) is 18.2 Å². The molecule has 2 aliphatic rings. The zero-order valence-corrected chi connectivity index (χ0v) is 17.5. The van der Waals surface area contributed by atoms with E-state index in [9.17, 15) is 4.79 Å². The number of nitrogens with zero attached hydrogens (tertiary/aromatic N) is 1. The molecule has 1 aromatic rings. The Kier molecular flexibility index (Phi) is 6.36. The molecule has 2 heterocycles. The fraction of sp³-hybridized carbons (Fsp3) is 0.611. The lowest BCUT2D eigenvalue weighted by Crippen LogP contribution is -2.51. The summed E-state index contributed by atoms with van der Waals surface area (Å²) in [6, 6.07) is 5.67. The number of rotatable bonds is 2. The van der Waals surface area contributed by atoms with Gasteiger partial charge in [0.1, 0.15) is 0 Å². The van der Waals surface area contributed by atoms with Crippen molar-refractivity contribution in [3.63, 3.8) is 0 Å². The monoisotopic (exact) mass is 400 g/mol. The molecule has 0 spiro atoms. The molecule has 0 bridgehead atoms. The van der Waals surface area contributed by atoms with Crippen LogP contribution in [0.5, 0.6) is 0 Å². The summed E-state index contributed by atoms with van der Waals surface area (Å²) in [5.41, 5.74) is 0.503. The van der Waals surface area contributed by atoms with Crippen molar-refractivity contribution < 1.29 is 14.1 Å². The summed E-state index contributed by atoms with van der Waals surface area (Å²) in [6.07, 6.45) is 0. The van der Waals surface area contributed by atoms with E-state index in [1.54, 1.807) is 12.1 Å². The van der Waals surface area contributed by atoms with Crippen LogP contribution in [0.3, 0.4) is 0 Å². The van der Waals surface area contributed by atoms with Gasteiger partial charge in [0.05, 0.1) is 11.2 Å². The maximum Gasteiger partial charge on any atom is 0.496 e. The minimum atomic E-state index is -0.527. The highest BCUT2D eigenvalue weighted by atomic mass is 35.5. The molecule has 2 saturated heterocycles. The molecule has 1 N–H and O–H groups in total. The molecule has 0 saturated carbocycles. The van der Waals surface area contributed by atoms with Gasteiger partial charge >= 0.3 is 7.12 Å². The molecule has 0 aliphatic carbocycles. The number of piperazine rings is 1. The average molecular weight is 401 g/mol. The second kappa shape index (κ2) is 7.68.